The molecule has 0 heterocycles. The molecule has 0 bridgehead atoms. The summed E-state index contributed by atoms with van der Waals surface area (Å²) in [5.74, 6) is -0.289. The molecular weight excluding hydrogens is 361 g/mol. The van der Waals surface area contributed by atoms with E-state index in [0.29, 0.717) is 18.8 Å². The van der Waals surface area contributed by atoms with Crippen molar-refractivity contribution in [1.29, 1.82) is 0 Å². The largest absolute Gasteiger partial charge is 0.394 e. The molecule has 0 aromatic heterocycles. The Balaban J connectivity index is 2.28. The molecule has 2 N–H and O–H groups in total. The van der Waals surface area contributed by atoms with Gasteiger partial charge in [0, 0.05) is 0 Å². The van der Waals surface area contributed by atoms with Crippen LogP contribution >= 0.6 is 15.9 Å². The van der Waals surface area contributed by atoms with Crippen molar-refractivity contribution >= 4 is 26.0 Å². The molecule has 1 aliphatic rings. The SMILES string of the molecule is CC1CCCC(CO)(NS(=O)(=O)c2ccc(Br)c(F)c2)C1. The Morgan fingerprint density at radius 2 is 2.24 bits per heavy atom. The van der Waals surface area contributed by atoms with Crippen molar-refractivity contribution in [3.05, 3.63) is 28.5 Å². The van der Waals surface area contributed by atoms with E-state index in [0.717, 1.165) is 18.9 Å². The molecule has 1 aromatic rings. The van der Waals surface area contributed by atoms with E-state index < -0.39 is 21.4 Å². The average molecular weight is 380 g/mol. The van der Waals surface area contributed by atoms with Crippen molar-refractivity contribution in [1.82, 2.24) is 4.72 Å². The Labute approximate surface area is 132 Å². The lowest BCUT2D eigenvalue weighted by molar-refractivity contribution is 0.119. The fourth-order valence-electron chi connectivity index (χ4n) is 2.92. The van der Waals surface area contributed by atoms with Crippen molar-refractivity contribution < 1.29 is 17.9 Å². The first-order valence-electron chi connectivity index (χ1n) is 6.88. The maximum Gasteiger partial charge on any atom is 0.241 e. The number of aliphatic hydroxyl groups is 1. The maximum absolute atomic E-state index is 13.5. The monoisotopic (exact) mass is 379 g/mol. The third-order valence-corrected chi connectivity index (χ3v) is 6.17. The van der Waals surface area contributed by atoms with Gasteiger partial charge in [0.25, 0.3) is 0 Å². The molecule has 0 aliphatic heterocycles. The summed E-state index contributed by atoms with van der Waals surface area (Å²) < 4.78 is 41.2. The van der Waals surface area contributed by atoms with Gasteiger partial charge < -0.3 is 5.11 Å². The van der Waals surface area contributed by atoms with E-state index in [4.69, 9.17) is 0 Å². The number of nitrogens with one attached hydrogen (secondary N) is 1. The second-order valence-corrected chi connectivity index (χ2v) is 8.36. The fraction of sp³-hybridized carbons (Fsp3) is 0.571. The molecule has 1 aliphatic carbocycles. The number of benzene rings is 1. The zero-order valence-electron chi connectivity index (χ0n) is 11.8. The first-order chi connectivity index (χ1) is 9.78. The molecule has 2 unspecified atom stereocenters. The lowest BCUT2D eigenvalue weighted by Crippen LogP contribution is -2.53. The van der Waals surface area contributed by atoms with Gasteiger partial charge in [-0.05, 0) is 52.9 Å². The number of rotatable bonds is 4. The maximum atomic E-state index is 13.5. The topological polar surface area (TPSA) is 66.4 Å². The van der Waals surface area contributed by atoms with Gasteiger partial charge in [-0.25, -0.2) is 17.5 Å². The summed E-state index contributed by atoms with van der Waals surface area (Å²) in [7, 11) is -3.86. The fourth-order valence-corrected chi connectivity index (χ4v) is 4.61. The summed E-state index contributed by atoms with van der Waals surface area (Å²) in [4.78, 5) is -0.130. The summed E-state index contributed by atoms with van der Waals surface area (Å²) in [6, 6.07) is 3.68. The van der Waals surface area contributed by atoms with Crippen molar-refractivity contribution in [3.8, 4) is 0 Å². The van der Waals surface area contributed by atoms with Gasteiger partial charge in [-0.2, -0.15) is 0 Å². The number of sulfonamides is 1. The quantitative estimate of drug-likeness (QED) is 0.844. The Morgan fingerprint density at radius 3 is 2.81 bits per heavy atom. The minimum atomic E-state index is -3.86. The van der Waals surface area contributed by atoms with Crippen LogP contribution in [0.4, 0.5) is 4.39 Å². The van der Waals surface area contributed by atoms with E-state index in [-0.39, 0.29) is 16.0 Å². The zero-order chi connectivity index (χ0) is 15.7. The molecule has 0 spiro atoms. The van der Waals surface area contributed by atoms with Crippen molar-refractivity contribution in [2.24, 2.45) is 5.92 Å². The number of hydrogen-bond donors (Lipinski definition) is 2. The second kappa shape index (κ2) is 6.32. The highest BCUT2D eigenvalue weighted by Gasteiger charge is 2.38. The molecule has 7 heteroatoms. The zero-order valence-corrected chi connectivity index (χ0v) is 14.2. The van der Waals surface area contributed by atoms with Gasteiger partial charge in [0.2, 0.25) is 10.0 Å². The van der Waals surface area contributed by atoms with Gasteiger partial charge in [-0.3, -0.25) is 0 Å². The number of hydrogen-bond acceptors (Lipinski definition) is 3. The summed E-state index contributed by atoms with van der Waals surface area (Å²) in [6.45, 7) is 1.78. The molecule has 1 fully saturated rings. The number of halogens is 2. The molecule has 4 nitrogen and oxygen atoms in total. The van der Waals surface area contributed by atoms with Crippen molar-refractivity contribution in [2.45, 2.75) is 43.0 Å². The van der Waals surface area contributed by atoms with E-state index in [9.17, 15) is 17.9 Å². The van der Waals surface area contributed by atoms with E-state index >= 15 is 0 Å². The van der Waals surface area contributed by atoms with Crippen LogP contribution in [0.1, 0.15) is 32.6 Å². The van der Waals surface area contributed by atoms with Crippen LogP contribution in [0, 0.1) is 11.7 Å². The minimum absolute atomic E-state index is 0.130. The van der Waals surface area contributed by atoms with Crippen LogP contribution in [0.2, 0.25) is 0 Å². The molecule has 1 saturated carbocycles. The minimum Gasteiger partial charge on any atom is -0.394 e. The lowest BCUT2D eigenvalue weighted by Gasteiger charge is -2.39. The average Bonchev–Trinajstić information content (AvgIpc) is 2.41. The van der Waals surface area contributed by atoms with Crippen molar-refractivity contribution in [3.63, 3.8) is 0 Å². The summed E-state index contributed by atoms with van der Waals surface area (Å²) >= 11 is 3.00. The van der Waals surface area contributed by atoms with Gasteiger partial charge in [0.15, 0.2) is 0 Å². The standard InChI is InChI=1S/C14H19BrFNO3S/c1-10-3-2-6-14(8-10,9-18)17-21(19,20)11-4-5-12(15)13(16)7-11/h4-5,7,10,17-18H,2-3,6,8-9H2,1H3. The highest BCUT2D eigenvalue weighted by Crippen LogP contribution is 2.33. The third kappa shape index (κ3) is 3.83. The molecule has 1 aromatic carbocycles. The van der Waals surface area contributed by atoms with Gasteiger partial charge in [0.1, 0.15) is 5.82 Å². The van der Waals surface area contributed by atoms with Gasteiger partial charge >= 0.3 is 0 Å². The normalized spacial score (nSPS) is 26.8. The summed E-state index contributed by atoms with van der Waals surface area (Å²) in [5, 5.41) is 9.66. The highest BCUT2D eigenvalue weighted by molar-refractivity contribution is 9.10. The Bertz CT molecular complexity index is 623. The van der Waals surface area contributed by atoms with Crippen LogP contribution in [0.5, 0.6) is 0 Å². The first kappa shape index (κ1) is 16.9. The second-order valence-electron chi connectivity index (χ2n) is 5.82. The molecule has 21 heavy (non-hydrogen) atoms. The summed E-state index contributed by atoms with van der Waals surface area (Å²) in [6.07, 6.45) is 3.06. The molecule has 0 saturated heterocycles. The lowest BCUT2D eigenvalue weighted by atomic mass is 9.78. The third-order valence-electron chi connectivity index (χ3n) is 3.95. The van der Waals surface area contributed by atoms with E-state index in [1.165, 1.54) is 12.1 Å². The van der Waals surface area contributed by atoms with Crippen LogP contribution in [-0.2, 0) is 10.0 Å². The van der Waals surface area contributed by atoms with E-state index in [1.54, 1.807) is 0 Å². The molecule has 0 radical (unpaired) electrons. The summed E-state index contributed by atoms with van der Waals surface area (Å²) in [5.41, 5.74) is -0.847. The molecular formula is C14H19BrFNO3S. The number of aliphatic hydroxyl groups excluding tert-OH is 1. The van der Waals surface area contributed by atoms with Crippen LogP contribution in [0.25, 0.3) is 0 Å². The highest BCUT2D eigenvalue weighted by atomic mass is 79.9. The first-order valence-corrected chi connectivity index (χ1v) is 9.15. The molecule has 2 atom stereocenters. The Morgan fingerprint density at radius 1 is 1.52 bits per heavy atom. The smallest absolute Gasteiger partial charge is 0.241 e. The van der Waals surface area contributed by atoms with E-state index in [2.05, 4.69) is 20.7 Å². The van der Waals surface area contributed by atoms with Crippen LogP contribution in [0.15, 0.2) is 27.6 Å². The van der Waals surface area contributed by atoms with Gasteiger partial charge in [0.05, 0.1) is 21.5 Å². The van der Waals surface area contributed by atoms with Crippen LogP contribution < -0.4 is 4.72 Å². The van der Waals surface area contributed by atoms with Gasteiger partial charge in [-0.15, -0.1) is 0 Å². The molecule has 118 valence electrons. The van der Waals surface area contributed by atoms with E-state index in [1.807, 2.05) is 6.92 Å². The predicted molar refractivity (Wildman–Crippen MR) is 81.9 cm³/mol. The van der Waals surface area contributed by atoms with Crippen LogP contribution in [-0.4, -0.2) is 25.7 Å². The Hall–Kier alpha value is -0.500. The molecule has 2 rings (SSSR count). The predicted octanol–water partition coefficient (Wildman–Crippen LogP) is 2.81. The molecule has 0 amide bonds. The van der Waals surface area contributed by atoms with Crippen molar-refractivity contribution in [2.75, 3.05) is 6.61 Å². The Kier molecular flexibility index (Phi) is 5.07. The van der Waals surface area contributed by atoms with Gasteiger partial charge in [-0.1, -0.05) is 19.8 Å². The van der Waals surface area contributed by atoms with Crippen LogP contribution in [0.3, 0.4) is 0 Å².